The minimum atomic E-state index is -0.180. The molecule has 71 valence electrons. The van der Waals surface area contributed by atoms with E-state index in [2.05, 4.69) is 6.07 Å². The Morgan fingerprint density at radius 1 is 1.15 bits per heavy atom. The van der Waals surface area contributed by atoms with Crippen LogP contribution < -0.4 is 9.47 Å². The first-order valence-corrected chi connectivity index (χ1v) is 4.25. The molecule has 13 heavy (non-hydrogen) atoms. The number of methoxy groups -OCH3 is 1. The molecule has 2 nitrogen and oxygen atoms in total. The predicted molar refractivity (Wildman–Crippen MR) is 52.2 cm³/mol. The van der Waals surface area contributed by atoms with Crippen LogP contribution in [-0.2, 0) is 0 Å². The third-order valence-corrected chi connectivity index (χ3v) is 1.40. The van der Waals surface area contributed by atoms with Crippen molar-refractivity contribution < 1.29 is 9.47 Å². The van der Waals surface area contributed by atoms with E-state index >= 15 is 0 Å². The molecule has 0 aliphatic carbocycles. The van der Waals surface area contributed by atoms with Crippen molar-refractivity contribution in [2.45, 2.75) is 26.4 Å². The summed E-state index contributed by atoms with van der Waals surface area (Å²) in [7, 11) is 1.63. The molecule has 1 aromatic rings. The van der Waals surface area contributed by atoms with Gasteiger partial charge in [0.1, 0.15) is 17.1 Å². The molecule has 0 saturated carbocycles. The van der Waals surface area contributed by atoms with E-state index in [1.54, 1.807) is 19.2 Å². The second kappa shape index (κ2) is 3.69. The highest BCUT2D eigenvalue weighted by Crippen LogP contribution is 2.22. The average Bonchev–Trinajstić information content (AvgIpc) is 2.01. The summed E-state index contributed by atoms with van der Waals surface area (Å²) < 4.78 is 10.7. The lowest BCUT2D eigenvalue weighted by atomic mass is 10.2. The van der Waals surface area contributed by atoms with Crippen LogP contribution in [0.5, 0.6) is 11.5 Å². The van der Waals surface area contributed by atoms with Gasteiger partial charge in [-0.15, -0.1) is 0 Å². The molecule has 0 aliphatic heterocycles. The first-order valence-electron chi connectivity index (χ1n) is 4.25. The fraction of sp³-hybridized carbons (Fsp3) is 0.455. The summed E-state index contributed by atoms with van der Waals surface area (Å²) in [4.78, 5) is 0. The SMILES string of the molecule is COc1c[c]cc(OC(C)(C)C)c1. The van der Waals surface area contributed by atoms with E-state index in [1.165, 1.54) is 0 Å². The molecule has 0 heterocycles. The molecule has 0 saturated heterocycles. The van der Waals surface area contributed by atoms with E-state index in [0.29, 0.717) is 0 Å². The highest BCUT2D eigenvalue weighted by atomic mass is 16.5. The van der Waals surface area contributed by atoms with Gasteiger partial charge in [-0.1, -0.05) is 0 Å². The zero-order valence-electron chi connectivity index (χ0n) is 8.55. The van der Waals surface area contributed by atoms with Gasteiger partial charge in [-0.2, -0.15) is 0 Å². The highest BCUT2D eigenvalue weighted by molar-refractivity contribution is 5.32. The molecule has 0 aliphatic rings. The van der Waals surface area contributed by atoms with Gasteiger partial charge < -0.3 is 9.47 Å². The molecule has 1 aromatic carbocycles. The van der Waals surface area contributed by atoms with E-state index in [9.17, 15) is 0 Å². The fourth-order valence-corrected chi connectivity index (χ4v) is 0.960. The molecule has 1 radical (unpaired) electrons. The zero-order chi connectivity index (χ0) is 9.90. The quantitative estimate of drug-likeness (QED) is 0.695. The molecule has 0 amide bonds. The van der Waals surface area contributed by atoms with Crippen molar-refractivity contribution in [1.82, 2.24) is 0 Å². The lowest BCUT2D eigenvalue weighted by Gasteiger charge is -2.21. The van der Waals surface area contributed by atoms with E-state index < -0.39 is 0 Å². The Kier molecular flexibility index (Phi) is 2.81. The molecular weight excluding hydrogens is 164 g/mol. The third-order valence-electron chi connectivity index (χ3n) is 1.40. The van der Waals surface area contributed by atoms with Crippen molar-refractivity contribution in [3.63, 3.8) is 0 Å². The van der Waals surface area contributed by atoms with Gasteiger partial charge in [0, 0.05) is 6.07 Å². The molecule has 0 N–H and O–H groups in total. The molecule has 2 heteroatoms. The summed E-state index contributed by atoms with van der Waals surface area (Å²) in [5, 5.41) is 0. The van der Waals surface area contributed by atoms with Crippen LogP contribution in [0.1, 0.15) is 20.8 Å². The molecule has 1 rings (SSSR count). The van der Waals surface area contributed by atoms with Crippen molar-refractivity contribution in [3.8, 4) is 11.5 Å². The second-order valence-corrected chi connectivity index (χ2v) is 3.82. The van der Waals surface area contributed by atoms with Crippen LogP contribution in [0.4, 0.5) is 0 Å². The van der Waals surface area contributed by atoms with E-state index in [0.717, 1.165) is 11.5 Å². The number of hydrogen-bond donors (Lipinski definition) is 0. The van der Waals surface area contributed by atoms with Crippen LogP contribution in [0.2, 0.25) is 0 Å². The van der Waals surface area contributed by atoms with Crippen molar-refractivity contribution in [1.29, 1.82) is 0 Å². The Bertz CT molecular complexity index is 274. The number of ether oxygens (including phenoxy) is 2. The Morgan fingerprint density at radius 2 is 1.77 bits per heavy atom. The van der Waals surface area contributed by atoms with Crippen LogP contribution >= 0.6 is 0 Å². The maximum Gasteiger partial charge on any atom is 0.124 e. The number of rotatable bonds is 2. The summed E-state index contributed by atoms with van der Waals surface area (Å²) in [5.74, 6) is 1.55. The maximum atomic E-state index is 5.63. The largest absolute Gasteiger partial charge is 0.497 e. The van der Waals surface area contributed by atoms with Crippen molar-refractivity contribution in [2.24, 2.45) is 0 Å². The topological polar surface area (TPSA) is 18.5 Å². The Balaban J connectivity index is 2.78. The van der Waals surface area contributed by atoms with Crippen LogP contribution in [0.25, 0.3) is 0 Å². The zero-order valence-corrected chi connectivity index (χ0v) is 8.55. The smallest absolute Gasteiger partial charge is 0.124 e. The summed E-state index contributed by atoms with van der Waals surface area (Å²) in [6.45, 7) is 6.02. The molecule has 0 spiro atoms. The van der Waals surface area contributed by atoms with Gasteiger partial charge in [-0.25, -0.2) is 0 Å². The molecule has 0 unspecified atom stereocenters. The normalized spacial score (nSPS) is 11.1. The number of hydrogen-bond acceptors (Lipinski definition) is 2. The van der Waals surface area contributed by atoms with Crippen LogP contribution in [-0.4, -0.2) is 12.7 Å². The van der Waals surface area contributed by atoms with Gasteiger partial charge in [0.2, 0.25) is 0 Å². The summed E-state index contributed by atoms with van der Waals surface area (Å²) >= 11 is 0. The molecule has 0 aromatic heterocycles. The Morgan fingerprint density at radius 3 is 2.31 bits per heavy atom. The first kappa shape index (κ1) is 9.90. The number of benzene rings is 1. The van der Waals surface area contributed by atoms with E-state index in [1.807, 2.05) is 26.8 Å². The van der Waals surface area contributed by atoms with Gasteiger partial charge in [0.15, 0.2) is 0 Å². The molecule has 0 atom stereocenters. The van der Waals surface area contributed by atoms with E-state index in [-0.39, 0.29) is 5.60 Å². The summed E-state index contributed by atoms with van der Waals surface area (Å²) in [6.07, 6.45) is 0. The van der Waals surface area contributed by atoms with Crippen molar-refractivity contribution in [2.75, 3.05) is 7.11 Å². The van der Waals surface area contributed by atoms with Gasteiger partial charge in [0.05, 0.1) is 7.11 Å². The van der Waals surface area contributed by atoms with Crippen molar-refractivity contribution in [3.05, 3.63) is 24.3 Å². The van der Waals surface area contributed by atoms with Crippen molar-refractivity contribution >= 4 is 0 Å². The Hall–Kier alpha value is -1.18. The molecule has 0 fully saturated rings. The third kappa shape index (κ3) is 3.36. The second-order valence-electron chi connectivity index (χ2n) is 3.82. The summed E-state index contributed by atoms with van der Waals surface area (Å²) in [6, 6.07) is 8.37. The fourth-order valence-electron chi connectivity index (χ4n) is 0.960. The average molecular weight is 179 g/mol. The highest BCUT2D eigenvalue weighted by Gasteiger charge is 2.11. The predicted octanol–water partition coefficient (Wildman–Crippen LogP) is 2.67. The minimum Gasteiger partial charge on any atom is -0.497 e. The first-order chi connectivity index (χ1) is 6.01. The molecule has 0 bridgehead atoms. The van der Waals surface area contributed by atoms with Crippen LogP contribution in [0.15, 0.2) is 18.2 Å². The standard InChI is InChI=1S/C11H15O2/c1-11(2,3)13-10-7-5-6-9(8-10)12-4/h6-8H,1-4H3. The van der Waals surface area contributed by atoms with Gasteiger partial charge in [-0.05, 0) is 39.0 Å². The molecular formula is C11H15O2. The summed E-state index contributed by atoms with van der Waals surface area (Å²) in [5.41, 5.74) is -0.180. The van der Waals surface area contributed by atoms with Crippen LogP contribution in [0.3, 0.4) is 0 Å². The Labute approximate surface area is 79.5 Å². The monoisotopic (exact) mass is 179 g/mol. The van der Waals surface area contributed by atoms with Gasteiger partial charge in [0.25, 0.3) is 0 Å². The van der Waals surface area contributed by atoms with Crippen LogP contribution in [0, 0.1) is 6.07 Å². The lowest BCUT2D eigenvalue weighted by Crippen LogP contribution is -2.22. The van der Waals surface area contributed by atoms with Gasteiger partial charge in [-0.3, -0.25) is 0 Å². The lowest BCUT2D eigenvalue weighted by molar-refractivity contribution is 0.130. The van der Waals surface area contributed by atoms with Gasteiger partial charge >= 0.3 is 0 Å². The van der Waals surface area contributed by atoms with E-state index in [4.69, 9.17) is 9.47 Å². The maximum absolute atomic E-state index is 5.63. The minimum absolute atomic E-state index is 0.180.